The van der Waals surface area contributed by atoms with Gasteiger partial charge in [-0.3, -0.25) is 9.59 Å². The highest BCUT2D eigenvalue weighted by atomic mass is 32.2. The number of ketones is 1. The summed E-state index contributed by atoms with van der Waals surface area (Å²) in [5.74, 6) is 0.639. The third-order valence-electron chi connectivity index (χ3n) is 3.65. The lowest BCUT2D eigenvalue weighted by Gasteiger charge is -2.08. The molecule has 0 atom stereocenters. The van der Waals surface area contributed by atoms with Crippen molar-refractivity contribution in [3.63, 3.8) is 0 Å². The van der Waals surface area contributed by atoms with E-state index in [1.54, 1.807) is 31.4 Å². The van der Waals surface area contributed by atoms with E-state index in [2.05, 4.69) is 20.8 Å². The Labute approximate surface area is 170 Å². The molecule has 2 aromatic carbocycles. The van der Waals surface area contributed by atoms with E-state index in [4.69, 9.17) is 4.74 Å². The van der Waals surface area contributed by atoms with Crippen molar-refractivity contribution in [1.82, 2.24) is 10.2 Å². The molecule has 0 fully saturated rings. The van der Waals surface area contributed by atoms with Crippen molar-refractivity contribution in [2.45, 2.75) is 11.3 Å². The number of hydrogen-bond donors (Lipinski definition) is 2. The van der Waals surface area contributed by atoms with Gasteiger partial charge in [-0.15, -0.1) is 10.2 Å². The van der Waals surface area contributed by atoms with Gasteiger partial charge < -0.3 is 15.4 Å². The van der Waals surface area contributed by atoms with Crippen LogP contribution < -0.4 is 15.4 Å². The molecule has 1 amide bonds. The van der Waals surface area contributed by atoms with Crippen LogP contribution in [-0.2, 0) is 4.79 Å². The van der Waals surface area contributed by atoms with Crippen LogP contribution in [0.1, 0.15) is 17.3 Å². The van der Waals surface area contributed by atoms with Gasteiger partial charge in [0.2, 0.25) is 11.0 Å². The van der Waals surface area contributed by atoms with Crippen LogP contribution >= 0.6 is 23.1 Å². The van der Waals surface area contributed by atoms with E-state index < -0.39 is 0 Å². The minimum Gasteiger partial charge on any atom is -0.497 e. The molecule has 144 valence electrons. The highest BCUT2D eigenvalue weighted by Crippen LogP contribution is 2.28. The summed E-state index contributed by atoms with van der Waals surface area (Å²) in [6.45, 7) is 1.47. The average Bonchev–Trinajstić information content (AvgIpc) is 3.14. The fourth-order valence-electron chi connectivity index (χ4n) is 2.33. The second-order valence-electron chi connectivity index (χ2n) is 5.67. The van der Waals surface area contributed by atoms with Gasteiger partial charge in [-0.25, -0.2) is 0 Å². The standard InChI is InChI=1S/C19H18N4O3S2/c1-12(24)15-5-3-4-6-16(15)21-17(25)11-27-19-23-22-18(28-19)20-13-7-9-14(26-2)10-8-13/h3-10H,11H2,1-2H3,(H,20,22)(H,21,25). The summed E-state index contributed by atoms with van der Waals surface area (Å²) in [6.07, 6.45) is 0. The van der Waals surface area contributed by atoms with Gasteiger partial charge in [0.05, 0.1) is 18.6 Å². The molecule has 1 aromatic heterocycles. The van der Waals surface area contributed by atoms with Crippen LogP contribution in [0, 0.1) is 0 Å². The lowest BCUT2D eigenvalue weighted by Crippen LogP contribution is -2.16. The number of aromatic nitrogens is 2. The number of amides is 1. The molecule has 28 heavy (non-hydrogen) atoms. The number of hydrogen-bond acceptors (Lipinski definition) is 8. The van der Waals surface area contributed by atoms with E-state index in [0.29, 0.717) is 20.7 Å². The Morgan fingerprint density at radius 1 is 1.11 bits per heavy atom. The molecule has 0 bridgehead atoms. The summed E-state index contributed by atoms with van der Waals surface area (Å²) in [5, 5.41) is 14.7. The normalized spacial score (nSPS) is 10.4. The molecule has 2 N–H and O–H groups in total. The molecule has 0 radical (unpaired) electrons. The number of rotatable bonds is 8. The predicted molar refractivity (Wildman–Crippen MR) is 112 cm³/mol. The van der Waals surface area contributed by atoms with Gasteiger partial charge in [0, 0.05) is 11.3 Å². The first kappa shape index (κ1) is 19.8. The van der Waals surface area contributed by atoms with E-state index in [0.717, 1.165) is 11.4 Å². The van der Waals surface area contributed by atoms with E-state index in [-0.39, 0.29) is 17.4 Å². The number of benzene rings is 2. The van der Waals surface area contributed by atoms with Crippen molar-refractivity contribution in [3.05, 3.63) is 54.1 Å². The maximum atomic E-state index is 12.2. The lowest BCUT2D eigenvalue weighted by molar-refractivity contribution is -0.113. The van der Waals surface area contributed by atoms with E-state index in [1.165, 1.54) is 30.0 Å². The molecule has 0 aliphatic heterocycles. The van der Waals surface area contributed by atoms with Gasteiger partial charge in [0.15, 0.2) is 10.1 Å². The van der Waals surface area contributed by atoms with Crippen molar-refractivity contribution in [2.24, 2.45) is 0 Å². The first-order valence-corrected chi connectivity index (χ1v) is 10.1. The second-order valence-corrected chi connectivity index (χ2v) is 7.87. The number of ether oxygens (including phenoxy) is 1. The van der Waals surface area contributed by atoms with Gasteiger partial charge in [0.25, 0.3) is 0 Å². The van der Waals surface area contributed by atoms with Crippen molar-refractivity contribution < 1.29 is 14.3 Å². The van der Waals surface area contributed by atoms with Crippen molar-refractivity contribution in [1.29, 1.82) is 0 Å². The number of para-hydroxylation sites is 1. The first-order chi connectivity index (χ1) is 13.5. The fourth-order valence-corrected chi connectivity index (χ4v) is 3.90. The molecule has 1 heterocycles. The van der Waals surface area contributed by atoms with Crippen LogP contribution in [0.25, 0.3) is 0 Å². The first-order valence-electron chi connectivity index (χ1n) is 8.32. The Bertz CT molecular complexity index is 973. The van der Waals surface area contributed by atoms with Crippen molar-refractivity contribution in [3.8, 4) is 5.75 Å². The maximum Gasteiger partial charge on any atom is 0.234 e. The molecule has 9 heteroatoms. The van der Waals surface area contributed by atoms with Crippen LogP contribution in [0.3, 0.4) is 0 Å². The average molecular weight is 415 g/mol. The Kier molecular flexibility index (Phi) is 6.62. The zero-order chi connectivity index (χ0) is 19.9. The summed E-state index contributed by atoms with van der Waals surface area (Å²) in [5.41, 5.74) is 1.87. The van der Waals surface area contributed by atoms with Gasteiger partial charge in [-0.2, -0.15) is 0 Å². The Balaban J connectivity index is 1.54. The van der Waals surface area contributed by atoms with Gasteiger partial charge in [-0.05, 0) is 43.3 Å². The third-order valence-corrected chi connectivity index (χ3v) is 5.63. The molecule has 7 nitrogen and oxygen atoms in total. The molecular weight excluding hydrogens is 396 g/mol. The topological polar surface area (TPSA) is 93.2 Å². The number of nitrogens with one attached hydrogen (secondary N) is 2. The van der Waals surface area contributed by atoms with Gasteiger partial charge in [-0.1, -0.05) is 35.2 Å². The molecule has 0 spiro atoms. The zero-order valence-corrected chi connectivity index (χ0v) is 16.9. The predicted octanol–water partition coefficient (Wildman–Crippen LogP) is 4.22. The lowest BCUT2D eigenvalue weighted by atomic mass is 10.1. The molecule has 0 saturated heterocycles. The Morgan fingerprint density at radius 3 is 2.57 bits per heavy atom. The SMILES string of the molecule is COc1ccc(Nc2nnc(SCC(=O)Nc3ccccc3C(C)=O)s2)cc1. The largest absolute Gasteiger partial charge is 0.497 e. The maximum absolute atomic E-state index is 12.2. The number of carbonyl (C=O) groups excluding carboxylic acids is 2. The molecule has 0 aliphatic carbocycles. The number of Topliss-reactive ketones (excluding diaryl/α,β-unsaturated/α-hetero) is 1. The summed E-state index contributed by atoms with van der Waals surface area (Å²) >= 11 is 2.65. The minimum absolute atomic E-state index is 0.0954. The van der Waals surface area contributed by atoms with E-state index in [1.807, 2.05) is 24.3 Å². The Morgan fingerprint density at radius 2 is 1.86 bits per heavy atom. The molecule has 0 aliphatic rings. The molecular formula is C19H18N4O3S2. The van der Waals surface area contributed by atoms with E-state index in [9.17, 15) is 9.59 Å². The molecule has 0 unspecified atom stereocenters. The van der Waals surface area contributed by atoms with Crippen LogP contribution in [0.15, 0.2) is 52.9 Å². The number of carbonyl (C=O) groups is 2. The number of anilines is 3. The molecule has 0 saturated carbocycles. The van der Waals surface area contributed by atoms with Gasteiger partial charge >= 0.3 is 0 Å². The number of methoxy groups -OCH3 is 1. The quantitative estimate of drug-likeness (QED) is 0.421. The highest BCUT2D eigenvalue weighted by molar-refractivity contribution is 8.01. The van der Waals surface area contributed by atoms with Crippen molar-refractivity contribution in [2.75, 3.05) is 23.5 Å². The van der Waals surface area contributed by atoms with Crippen LogP contribution in [0.4, 0.5) is 16.5 Å². The summed E-state index contributed by atoms with van der Waals surface area (Å²) < 4.78 is 5.80. The number of nitrogens with zero attached hydrogens (tertiary/aromatic N) is 2. The second kappa shape index (κ2) is 9.34. The summed E-state index contributed by atoms with van der Waals surface area (Å²) in [4.78, 5) is 23.8. The Hall–Kier alpha value is -2.91. The fraction of sp³-hybridized carbons (Fsp3) is 0.158. The summed E-state index contributed by atoms with van der Waals surface area (Å²) in [6, 6.07) is 14.4. The number of thioether (sulfide) groups is 1. The van der Waals surface area contributed by atoms with Crippen LogP contribution in [0.2, 0.25) is 0 Å². The molecule has 3 aromatic rings. The van der Waals surface area contributed by atoms with Crippen LogP contribution in [0.5, 0.6) is 5.75 Å². The van der Waals surface area contributed by atoms with Gasteiger partial charge in [0.1, 0.15) is 5.75 Å². The third kappa shape index (κ3) is 5.30. The summed E-state index contributed by atoms with van der Waals surface area (Å²) in [7, 11) is 1.62. The highest BCUT2D eigenvalue weighted by Gasteiger charge is 2.12. The van der Waals surface area contributed by atoms with Crippen LogP contribution in [-0.4, -0.2) is 34.8 Å². The monoisotopic (exact) mass is 414 g/mol. The smallest absolute Gasteiger partial charge is 0.234 e. The van der Waals surface area contributed by atoms with E-state index >= 15 is 0 Å². The molecule has 3 rings (SSSR count). The zero-order valence-electron chi connectivity index (χ0n) is 15.3. The van der Waals surface area contributed by atoms with Crippen molar-refractivity contribution >= 4 is 51.3 Å². The minimum atomic E-state index is -0.210.